The lowest BCUT2D eigenvalue weighted by molar-refractivity contribution is -0.145. The molecule has 0 spiro atoms. The second-order valence-electron chi connectivity index (χ2n) is 5.91. The zero-order valence-electron chi connectivity index (χ0n) is 12.6. The Morgan fingerprint density at radius 1 is 1.29 bits per heavy atom. The van der Waals surface area contributed by atoms with Crippen LogP contribution in [-0.4, -0.2) is 35.2 Å². The number of carbonyl (C=O) groups is 2. The number of H-pyrrole nitrogens is 1. The van der Waals surface area contributed by atoms with E-state index in [-0.39, 0.29) is 5.69 Å². The molecule has 2 rings (SSSR count). The van der Waals surface area contributed by atoms with Gasteiger partial charge in [0.05, 0.1) is 12.6 Å². The predicted octanol–water partition coefficient (Wildman–Crippen LogP) is 1.88. The molecule has 1 atom stereocenters. The van der Waals surface area contributed by atoms with Crippen LogP contribution in [0.1, 0.15) is 31.3 Å². The number of amides is 1. The number of aromatic amines is 1. The van der Waals surface area contributed by atoms with E-state index in [2.05, 4.69) is 15.5 Å². The third-order valence-corrected chi connectivity index (χ3v) is 3.26. The highest BCUT2D eigenvalue weighted by Gasteiger charge is 2.34. The highest BCUT2D eigenvalue weighted by Crippen LogP contribution is 2.22. The fourth-order valence-corrected chi connectivity index (χ4v) is 2.08. The molecule has 0 saturated heterocycles. The molecule has 0 radical (unpaired) electrons. The van der Waals surface area contributed by atoms with Crippen LogP contribution in [-0.2, 0) is 9.53 Å². The van der Waals surface area contributed by atoms with Crippen LogP contribution in [0.5, 0.6) is 0 Å². The van der Waals surface area contributed by atoms with Crippen LogP contribution >= 0.6 is 0 Å². The van der Waals surface area contributed by atoms with E-state index in [4.69, 9.17) is 4.74 Å². The molecule has 0 saturated carbocycles. The monoisotopic (exact) mass is 289 g/mol. The van der Waals surface area contributed by atoms with Gasteiger partial charge in [-0.2, -0.15) is 5.10 Å². The molecule has 6 heteroatoms. The summed E-state index contributed by atoms with van der Waals surface area (Å²) >= 11 is 0. The van der Waals surface area contributed by atoms with Crippen molar-refractivity contribution < 1.29 is 14.3 Å². The summed E-state index contributed by atoms with van der Waals surface area (Å²) in [7, 11) is 1.30. The smallest absolute Gasteiger partial charge is 0.328 e. The predicted molar refractivity (Wildman–Crippen MR) is 78.8 cm³/mol. The molecule has 1 amide bonds. The third kappa shape index (κ3) is 3.04. The van der Waals surface area contributed by atoms with Gasteiger partial charge in [0, 0.05) is 5.39 Å². The molecule has 1 unspecified atom stereocenters. The summed E-state index contributed by atoms with van der Waals surface area (Å²) in [6.45, 7) is 5.58. The summed E-state index contributed by atoms with van der Waals surface area (Å²) in [6, 6.07) is 6.58. The van der Waals surface area contributed by atoms with Crippen molar-refractivity contribution in [1.82, 2.24) is 15.5 Å². The number of fused-ring (bicyclic) bond motifs is 1. The summed E-state index contributed by atoms with van der Waals surface area (Å²) in [5, 5.41) is 10.2. The first-order chi connectivity index (χ1) is 9.84. The van der Waals surface area contributed by atoms with E-state index in [1.807, 2.05) is 39.0 Å². The van der Waals surface area contributed by atoms with E-state index < -0.39 is 23.3 Å². The van der Waals surface area contributed by atoms with Crippen molar-refractivity contribution in [3.8, 4) is 0 Å². The molecule has 0 bridgehead atoms. The van der Waals surface area contributed by atoms with Gasteiger partial charge >= 0.3 is 5.97 Å². The van der Waals surface area contributed by atoms with E-state index in [1.54, 1.807) is 6.07 Å². The molecule has 0 aliphatic carbocycles. The van der Waals surface area contributed by atoms with E-state index in [0.29, 0.717) is 5.39 Å². The lowest BCUT2D eigenvalue weighted by Crippen LogP contribution is -2.49. The molecule has 2 N–H and O–H groups in total. The van der Waals surface area contributed by atoms with Gasteiger partial charge in [-0.3, -0.25) is 9.89 Å². The molecule has 0 fully saturated rings. The molecule has 1 aromatic heterocycles. The molecule has 2 aromatic rings. The minimum Gasteiger partial charge on any atom is -0.467 e. The van der Waals surface area contributed by atoms with Crippen molar-refractivity contribution in [1.29, 1.82) is 0 Å². The van der Waals surface area contributed by atoms with Gasteiger partial charge in [0.1, 0.15) is 6.04 Å². The second-order valence-corrected chi connectivity index (χ2v) is 5.91. The van der Waals surface area contributed by atoms with Gasteiger partial charge in [-0.05, 0) is 11.5 Å². The lowest BCUT2D eigenvalue weighted by atomic mass is 9.86. The zero-order valence-corrected chi connectivity index (χ0v) is 12.6. The Morgan fingerprint density at radius 2 is 1.95 bits per heavy atom. The van der Waals surface area contributed by atoms with Gasteiger partial charge < -0.3 is 10.1 Å². The van der Waals surface area contributed by atoms with E-state index in [9.17, 15) is 9.59 Å². The average molecular weight is 289 g/mol. The van der Waals surface area contributed by atoms with Gasteiger partial charge in [0.25, 0.3) is 5.91 Å². The highest BCUT2D eigenvalue weighted by atomic mass is 16.5. The number of esters is 1. The first-order valence-corrected chi connectivity index (χ1v) is 6.66. The molecule has 0 aliphatic heterocycles. The number of carbonyl (C=O) groups excluding carboxylic acids is 2. The number of para-hydroxylation sites is 1. The SMILES string of the molecule is COC(=O)C(NC(=O)c1n[nH]c2ccccc12)C(C)(C)C. The molecule has 112 valence electrons. The van der Waals surface area contributed by atoms with Crippen molar-refractivity contribution in [3.63, 3.8) is 0 Å². The molecular weight excluding hydrogens is 270 g/mol. The summed E-state index contributed by atoms with van der Waals surface area (Å²) in [4.78, 5) is 24.3. The summed E-state index contributed by atoms with van der Waals surface area (Å²) in [6.07, 6.45) is 0. The Labute approximate surface area is 122 Å². The minimum atomic E-state index is -0.745. The van der Waals surface area contributed by atoms with E-state index in [1.165, 1.54) is 7.11 Å². The van der Waals surface area contributed by atoms with Crippen LogP contribution < -0.4 is 5.32 Å². The number of nitrogens with zero attached hydrogens (tertiary/aromatic N) is 1. The topological polar surface area (TPSA) is 84.1 Å². The normalized spacial score (nSPS) is 13.0. The van der Waals surface area contributed by atoms with Crippen LogP contribution in [0.15, 0.2) is 24.3 Å². The quantitative estimate of drug-likeness (QED) is 0.845. The third-order valence-electron chi connectivity index (χ3n) is 3.26. The highest BCUT2D eigenvalue weighted by molar-refractivity contribution is 6.05. The Morgan fingerprint density at radius 3 is 2.57 bits per heavy atom. The first kappa shape index (κ1) is 15.0. The maximum absolute atomic E-state index is 12.4. The molecule has 0 aliphatic rings. The fraction of sp³-hybridized carbons (Fsp3) is 0.400. The second kappa shape index (κ2) is 5.55. The summed E-state index contributed by atoms with van der Waals surface area (Å²) in [5.74, 6) is -0.881. The Balaban J connectivity index is 2.29. The zero-order chi connectivity index (χ0) is 15.6. The molecule has 21 heavy (non-hydrogen) atoms. The molecule has 1 heterocycles. The van der Waals surface area contributed by atoms with E-state index in [0.717, 1.165) is 5.52 Å². The fourth-order valence-electron chi connectivity index (χ4n) is 2.08. The Kier molecular flexibility index (Phi) is 3.97. The number of benzene rings is 1. The standard InChI is InChI=1S/C15H19N3O3/c1-15(2,3)12(14(20)21-4)16-13(19)11-9-7-5-6-8-10(9)17-18-11/h5-8,12H,1-4H3,(H,16,19)(H,17,18). The van der Waals surface area contributed by atoms with Crippen molar-refractivity contribution in [3.05, 3.63) is 30.0 Å². The summed E-state index contributed by atoms with van der Waals surface area (Å²) < 4.78 is 4.76. The first-order valence-electron chi connectivity index (χ1n) is 6.66. The number of rotatable bonds is 3. The lowest BCUT2D eigenvalue weighted by Gasteiger charge is -2.28. The van der Waals surface area contributed by atoms with Gasteiger partial charge in [-0.15, -0.1) is 0 Å². The van der Waals surface area contributed by atoms with Gasteiger partial charge in [0.2, 0.25) is 0 Å². The Hall–Kier alpha value is -2.37. The van der Waals surface area contributed by atoms with Crippen molar-refractivity contribution in [2.75, 3.05) is 7.11 Å². The van der Waals surface area contributed by atoms with Gasteiger partial charge in [-0.25, -0.2) is 4.79 Å². The van der Waals surface area contributed by atoms with Gasteiger partial charge in [0.15, 0.2) is 5.69 Å². The number of nitrogens with one attached hydrogen (secondary N) is 2. The number of methoxy groups -OCH3 is 1. The average Bonchev–Trinajstić information content (AvgIpc) is 2.86. The maximum atomic E-state index is 12.4. The largest absolute Gasteiger partial charge is 0.467 e. The van der Waals surface area contributed by atoms with Crippen molar-refractivity contribution >= 4 is 22.8 Å². The maximum Gasteiger partial charge on any atom is 0.328 e. The van der Waals surface area contributed by atoms with Crippen LogP contribution in [0, 0.1) is 5.41 Å². The van der Waals surface area contributed by atoms with Crippen LogP contribution in [0.2, 0.25) is 0 Å². The number of hydrogen-bond acceptors (Lipinski definition) is 4. The number of hydrogen-bond donors (Lipinski definition) is 2. The number of aromatic nitrogens is 2. The molecule has 6 nitrogen and oxygen atoms in total. The number of ether oxygens (including phenoxy) is 1. The van der Waals surface area contributed by atoms with Crippen LogP contribution in [0.4, 0.5) is 0 Å². The molecule has 1 aromatic carbocycles. The summed E-state index contributed by atoms with van der Waals surface area (Å²) in [5.41, 5.74) is 0.575. The molecular formula is C15H19N3O3. The van der Waals surface area contributed by atoms with E-state index >= 15 is 0 Å². The van der Waals surface area contributed by atoms with Crippen LogP contribution in [0.25, 0.3) is 10.9 Å². The van der Waals surface area contributed by atoms with Crippen molar-refractivity contribution in [2.24, 2.45) is 5.41 Å². The van der Waals surface area contributed by atoms with Gasteiger partial charge in [-0.1, -0.05) is 39.0 Å². The Bertz CT molecular complexity index is 670. The van der Waals surface area contributed by atoms with Crippen molar-refractivity contribution in [2.45, 2.75) is 26.8 Å². The van der Waals surface area contributed by atoms with Crippen LogP contribution in [0.3, 0.4) is 0 Å². The minimum absolute atomic E-state index is 0.267.